The Bertz CT molecular complexity index is 1470. The van der Waals surface area contributed by atoms with Gasteiger partial charge in [-0.25, -0.2) is 9.59 Å². The van der Waals surface area contributed by atoms with Crippen LogP contribution < -0.4 is 10.6 Å². The number of hydrogen-bond acceptors (Lipinski definition) is 13. The zero-order valence-electron chi connectivity index (χ0n) is 31.1. The summed E-state index contributed by atoms with van der Waals surface area (Å²) < 4.78 is 69.6. The van der Waals surface area contributed by atoms with E-state index in [1.165, 1.54) is 33.6 Å². The molecule has 0 spiro atoms. The fourth-order valence-corrected chi connectivity index (χ4v) is 3.47. The van der Waals surface area contributed by atoms with E-state index >= 15 is 0 Å². The van der Waals surface area contributed by atoms with Gasteiger partial charge in [-0.1, -0.05) is 86.3 Å². The molecule has 1 saturated heterocycles. The minimum absolute atomic E-state index is 0. The van der Waals surface area contributed by atoms with Gasteiger partial charge in [0.1, 0.15) is 18.4 Å². The van der Waals surface area contributed by atoms with Gasteiger partial charge in [0.15, 0.2) is 11.8 Å². The van der Waals surface area contributed by atoms with Crippen LogP contribution in [0.4, 0.5) is 18.0 Å². The standard InChI is InChI=1S/C8H8O.C8H10.C7H13NO3S.C5H7NO3S.C3H6O.C2H3F3O3S.2Rn/c1-7(9)8-5-3-2-4-6-8;1-2-8-6-4-3-5-7-8;1-4-5(6(9)11-2)8-7(10)12-3;1-8-4(7)3-2-9-5(10)6-3;1-3(2)4;1-8-9(6,7)2(3,4)5;;/h2-6H,1H3;3-7H,2H2,1H3;5H,4H2,1-3H3,(H,8,10);3H,2H2,1H3,(H,6,10);1-2H3;1H3;;/t;;5-;3-;;;;/m..00..../s1. The first-order valence-electron chi connectivity index (χ1n) is 15.0. The number of nitrogens with one attached hydrogen (secondary N) is 2. The number of ether oxygens (including phenoxy) is 3. The first-order valence-corrected chi connectivity index (χ1v) is 18.1. The summed E-state index contributed by atoms with van der Waals surface area (Å²) in [6, 6.07) is 18.7. The number of amides is 1. The molecule has 1 aliphatic rings. The van der Waals surface area contributed by atoms with Crippen molar-refractivity contribution in [1.29, 1.82) is 0 Å². The topological polar surface area (TPSA) is 180 Å². The number of thioether (sulfide) groups is 1. The van der Waals surface area contributed by atoms with Gasteiger partial charge in [-0.3, -0.25) is 13.8 Å². The number of thiocarbonyl (C=S) groups is 1. The molecule has 310 valence electrons. The Morgan fingerprint density at radius 2 is 1.39 bits per heavy atom. The van der Waals surface area contributed by atoms with Crippen LogP contribution >= 0.6 is 24.0 Å². The summed E-state index contributed by atoms with van der Waals surface area (Å²) in [4.78, 5) is 52.6. The molecular formula is C33H47F3N2O11Rn2S3. The number of carbonyl (C=O) groups excluding carboxylic acids is 5. The second-order valence-electron chi connectivity index (χ2n) is 9.67. The maximum Gasteiger partial charge on any atom is 0.523 e. The molecule has 0 bridgehead atoms. The SMILES string of the molecule is CC(=O)c1ccccc1.CC(C)=O.CC[C@H](NC(=O)SC)C(=O)OC.CCc1ccccc1.COC(=O)[C@@H]1COC(=S)N1.COS(=O)(=O)C(F)(F)F.[Rn].[Rn]. The Balaban J connectivity index is -0.000000180. The average Bonchev–Trinajstić information content (AvgIpc) is 3.57. The number of carbonyl (C=O) groups is 5. The third kappa shape index (κ3) is 34.2. The van der Waals surface area contributed by atoms with Crippen molar-refractivity contribution in [1.82, 2.24) is 10.6 Å². The first-order chi connectivity index (χ1) is 24.2. The van der Waals surface area contributed by atoms with Crippen molar-refractivity contribution in [2.45, 2.75) is 65.1 Å². The van der Waals surface area contributed by atoms with Gasteiger partial charge in [-0.05, 0) is 57.6 Å². The van der Waals surface area contributed by atoms with E-state index in [1.54, 1.807) is 13.2 Å². The number of rotatable bonds is 7. The molecule has 0 aromatic heterocycles. The monoisotopic (exact) mass is 1240 g/mol. The molecule has 0 radical (unpaired) electrons. The minimum atomic E-state index is -5.34. The average molecular weight is 1240 g/mol. The molecule has 0 unspecified atom stereocenters. The number of aryl methyl sites for hydroxylation is 1. The zero-order valence-corrected chi connectivity index (χ0v) is 39.1. The second kappa shape index (κ2) is 37.4. The number of halogens is 3. The van der Waals surface area contributed by atoms with Crippen LogP contribution in [0.25, 0.3) is 0 Å². The number of hydrogen-bond donors (Lipinski definition) is 2. The van der Waals surface area contributed by atoms with Crippen molar-refractivity contribution in [3.63, 3.8) is 0 Å². The molecule has 21 heteroatoms. The molecule has 0 saturated carbocycles. The fraction of sp³-hybridized carbons (Fsp3) is 0.455. The maximum absolute atomic E-state index is 11.1. The van der Waals surface area contributed by atoms with E-state index in [-0.39, 0.29) is 178 Å². The van der Waals surface area contributed by atoms with Crippen molar-refractivity contribution in [3.8, 4) is 0 Å². The summed E-state index contributed by atoms with van der Waals surface area (Å²) in [5.74, 6) is -0.463. The Morgan fingerprint density at radius 1 is 0.926 bits per heavy atom. The number of benzene rings is 2. The molecular weight excluding hydrogens is 1200 g/mol. The van der Waals surface area contributed by atoms with Crippen LogP contribution in [0.2, 0.25) is 0 Å². The van der Waals surface area contributed by atoms with Crippen LogP contribution in [-0.2, 0) is 49.3 Å². The third-order valence-electron chi connectivity index (χ3n) is 5.46. The number of methoxy groups -OCH3 is 2. The Labute approximate surface area is 449 Å². The van der Waals surface area contributed by atoms with Gasteiger partial charge in [0.25, 0.3) is 10.4 Å². The Kier molecular flexibility index (Phi) is 43.9. The number of Topliss-reactive ketones (excluding diaryl/α,β-unsaturated/α-hetero) is 2. The minimum Gasteiger partial charge on any atom is -0.468 e. The van der Waals surface area contributed by atoms with Crippen molar-refractivity contribution in [3.05, 3.63) is 71.8 Å². The summed E-state index contributed by atoms with van der Waals surface area (Å²) in [5, 5.41) is 5.20. The van der Waals surface area contributed by atoms with E-state index in [1.807, 2.05) is 43.3 Å². The first kappa shape index (κ1) is 63.3. The van der Waals surface area contributed by atoms with Crippen LogP contribution in [0.15, 0.2) is 60.7 Å². The molecule has 0 aliphatic carbocycles. The van der Waals surface area contributed by atoms with E-state index in [9.17, 15) is 45.6 Å². The molecule has 13 nitrogen and oxygen atoms in total. The van der Waals surface area contributed by atoms with Crippen molar-refractivity contribution >= 4 is 68.0 Å². The molecule has 2 N–H and O–H groups in total. The molecule has 54 heavy (non-hydrogen) atoms. The predicted molar refractivity (Wildman–Crippen MR) is 196 cm³/mol. The molecule has 2 aromatic carbocycles. The van der Waals surface area contributed by atoms with Gasteiger partial charge in [0.05, 0.1) is 21.3 Å². The van der Waals surface area contributed by atoms with E-state index in [0.29, 0.717) is 13.5 Å². The summed E-state index contributed by atoms with van der Waals surface area (Å²) >= 11 is 5.66. The fourth-order valence-electron chi connectivity index (χ4n) is 2.81. The smallest absolute Gasteiger partial charge is 0.468 e. The molecule has 1 aliphatic heterocycles. The summed E-state index contributed by atoms with van der Waals surface area (Å²) in [6.45, 7) is 8.86. The number of esters is 2. The van der Waals surface area contributed by atoms with Gasteiger partial charge < -0.3 is 29.6 Å². The largest absolute Gasteiger partial charge is 0.523 e. The zero-order chi connectivity index (χ0) is 40.9. The molecule has 3 rings (SSSR count). The van der Waals surface area contributed by atoms with Crippen LogP contribution in [0.3, 0.4) is 0 Å². The van der Waals surface area contributed by atoms with Crippen molar-refractivity contribution < 1.29 is 208 Å². The number of ketones is 2. The molecule has 2 aromatic rings. The van der Waals surface area contributed by atoms with Gasteiger partial charge in [0.2, 0.25) is 0 Å². The van der Waals surface area contributed by atoms with Gasteiger partial charge in [-0.2, -0.15) is 21.6 Å². The molecule has 1 amide bonds. The van der Waals surface area contributed by atoms with Crippen LogP contribution in [0, 0.1) is 144 Å². The molecule has 1 fully saturated rings. The third-order valence-corrected chi connectivity index (χ3v) is 7.19. The van der Waals surface area contributed by atoms with Crippen LogP contribution in [0.1, 0.15) is 57.0 Å². The molecule has 1 heterocycles. The summed E-state index contributed by atoms with van der Waals surface area (Å²) in [6.07, 6.45) is 3.33. The Morgan fingerprint density at radius 3 is 1.63 bits per heavy atom. The van der Waals surface area contributed by atoms with Crippen molar-refractivity contribution in [2.24, 2.45) is 0 Å². The Hall–Kier alpha value is 0.164. The van der Waals surface area contributed by atoms with Crippen LogP contribution in [-0.4, -0.2) is 94.1 Å². The quantitative estimate of drug-likeness (QED) is 0.114. The summed E-state index contributed by atoms with van der Waals surface area (Å²) in [5.41, 5.74) is -3.12. The van der Waals surface area contributed by atoms with E-state index in [0.717, 1.165) is 23.7 Å². The van der Waals surface area contributed by atoms with Gasteiger partial charge >= 0.3 is 27.6 Å². The second-order valence-corrected chi connectivity index (χ2v) is 12.5. The summed E-state index contributed by atoms with van der Waals surface area (Å²) in [7, 11) is -2.26. The van der Waals surface area contributed by atoms with Gasteiger partial charge in [0, 0.05) is 149 Å². The maximum atomic E-state index is 11.1. The predicted octanol–water partition coefficient (Wildman–Crippen LogP) is 5.66. The number of alkyl halides is 3. The van der Waals surface area contributed by atoms with E-state index < -0.39 is 33.7 Å². The normalized spacial score (nSPS) is 12.6. The van der Waals surface area contributed by atoms with E-state index in [4.69, 9.17) is 4.74 Å². The molecule has 2 atom stereocenters. The van der Waals surface area contributed by atoms with Crippen molar-refractivity contribution in [2.75, 3.05) is 34.2 Å². The van der Waals surface area contributed by atoms with Crippen LogP contribution in [0.5, 0.6) is 0 Å². The van der Waals surface area contributed by atoms with Gasteiger partial charge in [-0.15, -0.1) is 0 Å². The van der Waals surface area contributed by atoms with E-state index in [2.05, 4.69) is 67.7 Å².